The molecule has 0 aromatic heterocycles. The van der Waals surface area contributed by atoms with Gasteiger partial charge in [-0.2, -0.15) is 0 Å². The Balaban J connectivity index is 1.91. The zero-order valence-corrected chi connectivity index (χ0v) is 12.5. The van der Waals surface area contributed by atoms with Crippen LogP contribution in [0.25, 0.3) is 0 Å². The summed E-state index contributed by atoms with van der Waals surface area (Å²) in [6.07, 6.45) is 4.19. The monoisotopic (exact) mass is 278 g/mol. The molecule has 4 heteroatoms. The first kappa shape index (κ1) is 14.4. The molecule has 0 bridgehead atoms. The second-order valence-electron chi connectivity index (χ2n) is 5.09. The maximum Gasteiger partial charge on any atom is 0.227 e. The normalized spacial score (nSPS) is 19.2. The molecule has 1 amide bonds. The second-order valence-corrected chi connectivity index (χ2v) is 5.97. The Kier molecular flexibility index (Phi) is 5.28. The number of nitrogens with one attached hydrogen (secondary N) is 1. The second kappa shape index (κ2) is 6.96. The van der Waals surface area contributed by atoms with E-state index in [9.17, 15) is 4.79 Å². The van der Waals surface area contributed by atoms with E-state index in [4.69, 9.17) is 0 Å². The zero-order valence-electron chi connectivity index (χ0n) is 11.7. The molecule has 1 saturated heterocycles. The van der Waals surface area contributed by atoms with Crippen LogP contribution in [0.3, 0.4) is 0 Å². The quantitative estimate of drug-likeness (QED) is 0.858. The molecule has 1 unspecified atom stereocenters. The SMILES string of the molecule is CSc1ccc(CN(C)C(=O)C2CCCNC2)cc1. The van der Waals surface area contributed by atoms with Crippen molar-refractivity contribution in [2.45, 2.75) is 24.3 Å². The van der Waals surface area contributed by atoms with Gasteiger partial charge in [0.15, 0.2) is 0 Å². The number of hydrogen-bond donors (Lipinski definition) is 1. The summed E-state index contributed by atoms with van der Waals surface area (Å²) in [7, 11) is 1.90. The number of amides is 1. The molecular weight excluding hydrogens is 256 g/mol. The van der Waals surface area contributed by atoms with Crippen molar-refractivity contribution in [1.82, 2.24) is 10.2 Å². The Morgan fingerprint density at radius 1 is 1.42 bits per heavy atom. The van der Waals surface area contributed by atoms with Crippen LogP contribution >= 0.6 is 11.8 Å². The molecule has 104 valence electrons. The van der Waals surface area contributed by atoms with Gasteiger partial charge < -0.3 is 10.2 Å². The largest absolute Gasteiger partial charge is 0.341 e. The summed E-state index contributed by atoms with van der Waals surface area (Å²) < 4.78 is 0. The third-order valence-electron chi connectivity index (χ3n) is 3.60. The van der Waals surface area contributed by atoms with Crippen molar-refractivity contribution >= 4 is 17.7 Å². The minimum Gasteiger partial charge on any atom is -0.341 e. The van der Waals surface area contributed by atoms with Crippen molar-refractivity contribution in [3.05, 3.63) is 29.8 Å². The average Bonchev–Trinajstić information content (AvgIpc) is 2.48. The molecule has 3 nitrogen and oxygen atoms in total. The van der Waals surface area contributed by atoms with E-state index in [1.54, 1.807) is 11.8 Å². The molecule has 1 aliphatic rings. The smallest absolute Gasteiger partial charge is 0.227 e. The number of nitrogens with zero attached hydrogens (tertiary/aromatic N) is 1. The van der Waals surface area contributed by atoms with Gasteiger partial charge in [-0.25, -0.2) is 0 Å². The van der Waals surface area contributed by atoms with Crippen LogP contribution in [0.2, 0.25) is 0 Å². The maximum absolute atomic E-state index is 12.3. The van der Waals surface area contributed by atoms with Gasteiger partial charge in [0.25, 0.3) is 0 Å². The van der Waals surface area contributed by atoms with Gasteiger partial charge in [-0.3, -0.25) is 4.79 Å². The van der Waals surface area contributed by atoms with Crippen LogP contribution < -0.4 is 5.32 Å². The van der Waals surface area contributed by atoms with Crippen LogP contribution in [0.4, 0.5) is 0 Å². The Bertz CT molecular complexity index is 413. The molecule has 0 saturated carbocycles. The van der Waals surface area contributed by atoms with Crippen molar-refractivity contribution in [2.24, 2.45) is 5.92 Å². The Labute approximate surface area is 119 Å². The Hall–Kier alpha value is -1.00. The molecule has 1 aromatic carbocycles. The third-order valence-corrected chi connectivity index (χ3v) is 4.34. The summed E-state index contributed by atoms with van der Waals surface area (Å²) in [5, 5.41) is 3.30. The minimum absolute atomic E-state index is 0.157. The number of carbonyl (C=O) groups is 1. The lowest BCUT2D eigenvalue weighted by Gasteiger charge is -2.27. The highest BCUT2D eigenvalue weighted by molar-refractivity contribution is 7.98. The first-order valence-corrected chi connectivity index (χ1v) is 8.02. The van der Waals surface area contributed by atoms with E-state index in [1.807, 2.05) is 11.9 Å². The average molecular weight is 278 g/mol. The summed E-state index contributed by atoms with van der Waals surface area (Å²) >= 11 is 1.74. The summed E-state index contributed by atoms with van der Waals surface area (Å²) in [5.74, 6) is 0.422. The minimum atomic E-state index is 0.157. The zero-order chi connectivity index (χ0) is 13.7. The van der Waals surface area contributed by atoms with Crippen LogP contribution in [0.15, 0.2) is 29.2 Å². The number of piperidine rings is 1. The van der Waals surface area contributed by atoms with Crippen molar-refractivity contribution in [1.29, 1.82) is 0 Å². The molecule has 1 aliphatic heterocycles. The fourth-order valence-electron chi connectivity index (χ4n) is 2.46. The lowest BCUT2D eigenvalue weighted by molar-refractivity contribution is -0.135. The molecule has 1 N–H and O–H groups in total. The summed E-state index contributed by atoms with van der Waals surface area (Å²) in [5.41, 5.74) is 1.19. The summed E-state index contributed by atoms with van der Waals surface area (Å²) in [6, 6.07) is 8.43. The van der Waals surface area contributed by atoms with Crippen LogP contribution in [-0.4, -0.2) is 37.2 Å². The molecular formula is C15H22N2OS. The number of thioether (sulfide) groups is 1. The number of rotatable bonds is 4. The topological polar surface area (TPSA) is 32.3 Å². The molecule has 0 spiro atoms. The summed E-state index contributed by atoms with van der Waals surface area (Å²) in [6.45, 7) is 2.57. The van der Waals surface area contributed by atoms with E-state index in [0.29, 0.717) is 6.54 Å². The van der Waals surface area contributed by atoms with Gasteiger partial charge in [-0.05, 0) is 43.3 Å². The Morgan fingerprint density at radius 2 is 2.16 bits per heavy atom. The fourth-order valence-corrected chi connectivity index (χ4v) is 2.87. The molecule has 0 aliphatic carbocycles. The van der Waals surface area contributed by atoms with Gasteiger partial charge in [0.1, 0.15) is 0 Å². The number of benzene rings is 1. The standard InChI is InChI=1S/C15H22N2OS/c1-17(15(18)13-4-3-9-16-10-13)11-12-5-7-14(19-2)8-6-12/h5-8,13,16H,3-4,9-11H2,1-2H3. The van der Waals surface area contributed by atoms with Gasteiger partial charge >= 0.3 is 0 Å². The highest BCUT2D eigenvalue weighted by atomic mass is 32.2. The van der Waals surface area contributed by atoms with E-state index in [2.05, 4.69) is 35.8 Å². The first-order chi connectivity index (χ1) is 9.20. The third kappa shape index (κ3) is 3.98. The maximum atomic E-state index is 12.3. The lowest BCUT2D eigenvalue weighted by atomic mass is 9.98. The Morgan fingerprint density at radius 3 is 2.74 bits per heavy atom. The van der Waals surface area contributed by atoms with Crippen molar-refractivity contribution in [3.63, 3.8) is 0 Å². The van der Waals surface area contributed by atoms with Crippen molar-refractivity contribution in [3.8, 4) is 0 Å². The highest BCUT2D eigenvalue weighted by Gasteiger charge is 2.23. The molecule has 0 radical (unpaired) electrons. The molecule has 1 aromatic rings. The van der Waals surface area contributed by atoms with Crippen LogP contribution in [-0.2, 0) is 11.3 Å². The predicted molar refractivity (Wildman–Crippen MR) is 80.3 cm³/mol. The van der Waals surface area contributed by atoms with Crippen molar-refractivity contribution < 1.29 is 4.79 Å². The molecule has 2 rings (SSSR count). The predicted octanol–water partition coefficient (Wildman–Crippen LogP) is 2.37. The number of carbonyl (C=O) groups excluding carboxylic acids is 1. The van der Waals surface area contributed by atoms with E-state index in [1.165, 1.54) is 10.5 Å². The van der Waals surface area contributed by atoms with E-state index in [0.717, 1.165) is 25.9 Å². The first-order valence-electron chi connectivity index (χ1n) is 6.79. The molecule has 19 heavy (non-hydrogen) atoms. The summed E-state index contributed by atoms with van der Waals surface area (Å²) in [4.78, 5) is 15.4. The lowest BCUT2D eigenvalue weighted by Crippen LogP contribution is -2.41. The van der Waals surface area contributed by atoms with Crippen LogP contribution in [0, 0.1) is 5.92 Å². The van der Waals surface area contributed by atoms with Crippen LogP contribution in [0.1, 0.15) is 18.4 Å². The highest BCUT2D eigenvalue weighted by Crippen LogP contribution is 2.17. The van der Waals surface area contributed by atoms with Crippen molar-refractivity contribution in [2.75, 3.05) is 26.4 Å². The van der Waals surface area contributed by atoms with Gasteiger partial charge in [-0.15, -0.1) is 11.8 Å². The van der Waals surface area contributed by atoms with Gasteiger partial charge in [0, 0.05) is 25.0 Å². The van der Waals surface area contributed by atoms with Gasteiger partial charge in [-0.1, -0.05) is 12.1 Å². The molecule has 1 heterocycles. The van der Waals surface area contributed by atoms with Gasteiger partial charge in [0.05, 0.1) is 5.92 Å². The van der Waals surface area contributed by atoms with Gasteiger partial charge in [0.2, 0.25) is 5.91 Å². The molecule has 1 atom stereocenters. The molecule has 1 fully saturated rings. The van der Waals surface area contributed by atoms with E-state index in [-0.39, 0.29) is 11.8 Å². The van der Waals surface area contributed by atoms with Crippen LogP contribution in [0.5, 0.6) is 0 Å². The number of hydrogen-bond acceptors (Lipinski definition) is 3. The van der Waals surface area contributed by atoms with E-state index >= 15 is 0 Å². The van der Waals surface area contributed by atoms with E-state index < -0.39 is 0 Å². The fraction of sp³-hybridized carbons (Fsp3) is 0.533.